The molecule has 0 saturated heterocycles. The number of nitrogens with one attached hydrogen (secondary N) is 1. The average molecular weight is 545 g/mol. The van der Waals surface area contributed by atoms with Crippen LogP contribution in [0.25, 0.3) is 6.08 Å². The van der Waals surface area contributed by atoms with Crippen molar-refractivity contribution >= 4 is 51.9 Å². The van der Waals surface area contributed by atoms with Crippen molar-refractivity contribution in [2.45, 2.75) is 6.61 Å². The first-order chi connectivity index (χ1) is 15.0. The highest BCUT2D eigenvalue weighted by Crippen LogP contribution is 2.25. The molecule has 1 amide bonds. The molecule has 0 bridgehead atoms. The Labute approximate surface area is 199 Å². The lowest BCUT2D eigenvalue weighted by Gasteiger charge is -2.09. The van der Waals surface area contributed by atoms with Crippen molar-refractivity contribution < 1.29 is 14.3 Å². The maximum Gasteiger partial charge on any atom is 0.266 e. The van der Waals surface area contributed by atoms with E-state index in [0.717, 1.165) is 14.7 Å². The van der Waals surface area contributed by atoms with Crippen LogP contribution >= 0.6 is 34.2 Å². The third-order valence-electron chi connectivity index (χ3n) is 4.29. The third kappa shape index (κ3) is 6.48. The maximum absolute atomic E-state index is 12.5. The Balaban J connectivity index is 1.68. The van der Waals surface area contributed by atoms with Gasteiger partial charge in [0.25, 0.3) is 5.91 Å². The molecule has 3 aromatic rings. The van der Waals surface area contributed by atoms with Gasteiger partial charge in [-0.15, -0.1) is 0 Å². The van der Waals surface area contributed by atoms with Crippen molar-refractivity contribution in [3.05, 3.63) is 92.0 Å². The molecule has 7 heteroatoms. The molecule has 0 heterocycles. The van der Waals surface area contributed by atoms with Crippen LogP contribution in [0.15, 0.2) is 72.3 Å². The molecule has 0 radical (unpaired) electrons. The van der Waals surface area contributed by atoms with E-state index in [1.807, 2.05) is 42.5 Å². The number of amides is 1. The van der Waals surface area contributed by atoms with Crippen molar-refractivity contribution in [3.63, 3.8) is 0 Å². The standard InChI is InChI=1S/C24H18ClIN2O3/c1-30-21-9-7-20(8-10-21)28-24(29)18(14-27)12-17-4-11-23(22(26)13-17)31-15-16-2-5-19(25)6-3-16/h2-13H,15H2,1H3,(H,28,29)/b18-12-. The number of hydrogen-bond acceptors (Lipinski definition) is 4. The second-order valence-electron chi connectivity index (χ2n) is 6.46. The Hall–Kier alpha value is -3.02. The Kier molecular flexibility index (Phi) is 7.93. The summed E-state index contributed by atoms with van der Waals surface area (Å²) in [7, 11) is 1.57. The molecule has 31 heavy (non-hydrogen) atoms. The number of carbonyl (C=O) groups is 1. The van der Waals surface area contributed by atoms with Crippen LogP contribution in [0.4, 0.5) is 5.69 Å². The van der Waals surface area contributed by atoms with Gasteiger partial charge in [-0.2, -0.15) is 5.26 Å². The molecule has 0 saturated carbocycles. The van der Waals surface area contributed by atoms with E-state index in [1.165, 1.54) is 0 Å². The Morgan fingerprint density at radius 2 is 1.84 bits per heavy atom. The largest absolute Gasteiger partial charge is 0.497 e. The van der Waals surface area contributed by atoms with Crippen LogP contribution in [-0.2, 0) is 11.4 Å². The fourth-order valence-electron chi connectivity index (χ4n) is 2.65. The number of carbonyl (C=O) groups excluding carboxylic acids is 1. The van der Waals surface area contributed by atoms with Crippen molar-refractivity contribution in [2.24, 2.45) is 0 Å². The van der Waals surface area contributed by atoms with Gasteiger partial charge in [-0.05, 0) is 88.3 Å². The lowest BCUT2D eigenvalue weighted by Crippen LogP contribution is -2.13. The minimum atomic E-state index is -0.481. The van der Waals surface area contributed by atoms with Gasteiger partial charge < -0.3 is 14.8 Å². The smallest absolute Gasteiger partial charge is 0.266 e. The SMILES string of the molecule is COc1ccc(NC(=O)/C(C#N)=C\c2ccc(OCc3ccc(Cl)cc3)c(I)c2)cc1. The number of nitriles is 1. The summed E-state index contributed by atoms with van der Waals surface area (Å²) in [5.41, 5.74) is 2.31. The van der Waals surface area contributed by atoms with E-state index in [2.05, 4.69) is 27.9 Å². The fraction of sp³-hybridized carbons (Fsp3) is 0.0833. The van der Waals surface area contributed by atoms with Crippen LogP contribution in [0.3, 0.4) is 0 Å². The zero-order chi connectivity index (χ0) is 22.2. The van der Waals surface area contributed by atoms with Gasteiger partial charge in [-0.25, -0.2) is 0 Å². The molecule has 0 aliphatic rings. The van der Waals surface area contributed by atoms with Crippen molar-refractivity contribution in [1.82, 2.24) is 0 Å². The molecular formula is C24H18ClIN2O3. The number of nitrogens with zero attached hydrogens (tertiary/aromatic N) is 1. The summed E-state index contributed by atoms with van der Waals surface area (Å²) in [6.45, 7) is 0.413. The zero-order valence-electron chi connectivity index (χ0n) is 16.6. The average Bonchev–Trinajstić information content (AvgIpc) is 2.78. The second kappa shape index (κ2) is 10.8. The summed E-state index contributed by atoms with van der Waals surface area (Å²) in [6.07, 6.45) is 1.55. The number of methoxy groups -OCH3 is 1. The number of ether oxygens (including phenoxy) is 2. The molecule has 0 fully saturated rings. The molecule has 1 N–H and O–H groups in total. The predicted molar refractivity (Wildman–Crippen MR) is 130 cm³/mol. The van der Waals surface area contributed by atoms with Crippen LogP contribution < -0.4 is 14.8 Å². The number of halogens is 2. The predicted octanol–water partition coefficient (Wildman–Crippen LogP) is 6.08. The third-order valence-corrected chi connectivity index (χ3v) is 5.38. The summed E-state index contributed by atoms with van der Waals surface area (Å²) in [5, 5.41) is 12.8. The van der Waals surface area contributed by atoms with Gasteiger partial charge in [0, 0.05) is 10.7 Å². The topological polar surface area (TPSA) is 71.3 Å². The number of hydrogen-bond donors (Lipinski definition) is 1. The van der Waals surface area contributed by atoms with Gasteiger partial charge >= 0.3 is 0 Å². The molecule has 3 rings (SSSR count). The summed E-state index contributed by atoms with van der Waals surface area (Å²) < 4.78 is 11.8. The molecule has 156 valence electrons. The van der Waals surface area contributed by atoms with Gasteiger partial charge in [0.2, 0.25) is 0 Å². The second-order valence-corrected chi connectivity index (χ2v) is 8.06. The summed E-state index contributed by atoms with van der Waals surface area (Å²) in [4.78, 5) is 12.5. The van der Waals surface area contributed by atoms with Crippen LogP contribution in [0.1, 0.15) is 11.1 Å². The molecule has 5 nitrogen and oxygen atoms in total. The van der Waals surface area contributed by atoms with Crippen LogP contribution in [-0.4, -0.2) is 13.0 Å². The van der Waals surface area contributed by atoms with Gasteiger partial charge in [0.1, 0.15) is 29.7 Å². The van der Waals surface area contributed by atoms with Gasteiger partial charge in [0.15, 0.2) is 0 Å². The fourth-order valence-corrected chi connectivity index (χ4v) is 3.47. The monoisotopic (exact) mass is 544 g/mol. The molecule has 0 unspecified atom stereocenters. The van der Waals surface area contributed by atoms with Gasteiger partial charge in [-0.3, -0.25) is 4.79 Å². The van der Waals surface area contributed by atoms with Crippen LogP contribution in [0.5, 0.6) is 11.5 Å². The highest BCUT2D eigenvalue weighted by atomic mass is 127. The summed E-state index contributed by atoms with van der Waals surface area (Å²) >= 11 is 8.07. The van der Waals surface area contributed by atoms with Crippen LogP contribution in [0, 0.1) is 14.9 Å². The summed E-state index contributed by atoms with van der Waals surface area (Å²) in [5.74, 6) is 0.918. The Bertz CT molecular complexity index is 1140. The van der Waals surface area contributed by atoms with Crippen molar-refractivity contribution in [2.75, 3.05) is 12.4 Å². The van der Waals surface area contributed by atoms with E-state index in [1.54, 1.807) is 43.5 Å². The maximum atomic E-state index is 12.5. The highest BCUT2D eigenvalue weighted by Gasteiger charge is 2.11. The minimum Gasteiger partial charge on any atom is -0.497 e. The number of rotatable bonds is 7. The Morgan fingerprint density at radius 3 is 2.45 bits per heavy atom. The van der Waals surface area contributed by atoms with Gasteiger partial charge in [0.05, 0.1) is 10.7 Å². The lowest BCUT2D eigenvalue weighted by molar-refractivity contribution is -0.112. The van der Waals surface area contributed by atoms with Crippen LogP contribution in [0.2, 0.25) is 5.02 Å². The molecular weight excluding hydrogens is 527 g/mol. The van der Waals surface area contributed by atoms with Crippen molar-refractivity contribution in [3.8, 4) is 17.6 Å². The molecule has 3 aromatic carbocycles. The van der Waals surface area contributed by atoms with E-state index in [4.69, 9.17) is 21.1 Å². The van der Waals surface area contributed by atoms with Gasteiger partial charge in [-0.1, -0.05) is 29.8 Å². The van der Waals surface area contributed by atoms with E-state index < -0.39 is 5.91 Å². The van der Waals surface area contributed by atoms with Crippen molar-refractivity contribution in [1.29, 1.82) is 5.26 Å². The minimum absolute atomic E-state index is 0.00134. The lowest BCUT2D eigenvalue weighted by atomic mass is 10.1. The molecule has 0 atom stereocenters. The molecule has 0 aliphatic carbocycles. The first-order valence-electron chi connectivity index (χ1n) is 9.22. The van der Waals surface area contributed by atoms with E-state index in [0.29, 0.717) is 28.8 Å². The molecule has 0 spiro atoms. The Morgan fingerprint density at radius 1 is 1.13 bits per heavy atom. The van der Waals surface area contributed by atoms with E-state index in [-0.39, 0.29) is 5.57 Å². The quantitative estimate of drug-likeness (QED) is 0.222. The summed E-state index contributed by atoms with van der Waals surface area (Å²) in [6, 6.07) is 21.8. The highest BCUT2D eigenvalue weighted by molar-refractivity contribution is 14.1. The van der Waals surface area contributed by atoms with E-state index in [9.17, 15) is 10.1 Å². The first-order valence-corrected chi connectivity index (χ1v) is 10.7. The number of benzene rings is 3. The van der Waals surface area contributed by atoms with E-state index >= 15 is 0 Å². The molecule has 0 aliphatic heterocycles. The molecule has 0 aromatic heterocycles. The normalized spacial score (nSPS) is 10.8. The first kappa shape index (κ1) is 22.7. The zero-order valence-corrected chi connectivity index (χ0v) is 19.5. The number of anilines is 1.